The van der Waals surface area contributed by atoms with Crippen molar-refractivity contribution in [1.29, 1.82) is 0 Å². The summed E-state index contributed by atoms with van der Waals surface area (Å²) in [5, 5.41) is 7.80. The molecule has 1 atom stereocenters. The minimum Gasteiger partial charge on any atom is -0.494 e. The molecule has 1 fully saturated rings. The summed E-state index contributed by atoms with van der Waals surface area (Å²) in [5.41, 5.74) is 1.93. The van der Waals surface area contributed by atoms with Crippen molar-refractivity contribution < 1.29 is 17.9 Å². The Morgan fingerprint density at radius 1 is 1.12 bits per heavy atom. The first-order valence-corrected chi connectivity index (χ1v) is 12.3. The molecule has 176 valence electrons. The first kappa shape index (κ1) is 23.0. The zero-order chi connectivity index (χ0) is 23.6. The highest BCUT2D eigenvalue weighted by Gasteiger charge is 2.32. The zero-order valence-electron chi connectivity index (χ0n) is 19.1. The van der Waals surface area contributed by atoms with Crippen molar-refractivity contribution in [3.8, 4) is 17.2 Å². The van der Waals surface area contributed by atoms with Crippen LogP contribution < -0.4 is 14.2 Å². The predicted octanol–water partition coefficient (Wildman–Crippen LogP) is 3.02. The molecule has 0 saturated heterocycles. The Hall–Kier alpha value is -3.21. The van der Waals surface area contributed by atoms with Gasteiger partial charge in [0.25, 0.3) is 0 Å². The van der Waals surface area contributed by atoms with Crippen LogP contribution in [0.15, 0.2) is 30.6 Å². The van der Waals surface area contributed by atoms with Crippen molar-refractivity contribution in [2.75, 3.05) is 18.9 Å². The molecule has 3 aromatic rings. The van der Waals surface area contributed by atoms with Gasteiger partial charge in [0.2, 0.25) is 16.0 Å². The number of methoxy groups -OCH3 is 2. The van der Waals surface area contributed by atoms with E-state index >= 15 is 0 Å². The van der Waals surface area contributed by atoms with Gasteiger partial charge in [-0.1, -0.05) is 12.5 Å². The van der Waals surface area contributed by atoms with Crippen LogP contribution >= 0.6 is 0 Å². The van der Waals surface area contributed by atoms with Crippen molar-refractivity contribution in [1.82, 2.24) is 24.7 Å². The summed E-state index contributed by atoms with van der Waals surface area (Å²) in [5.74, 6) is 2.02. The van der Waals surface area contributed by atoms with E-state index in [1.165, 1.54) is 0 Å². The van der Waals surface area contributed by atoms with E-state index in [0.717, 1.165) is 25.0 Å². The van der Waals surface area contributed by atoms with E-state index in [4.69, 9.17) is 9.47 Å². The molecule has 4 rings (SSSR count). The average Bonchev–Trinajstić information content (AvgIpc) is 3.14. The maximum atomic E-state index is 13.2. The maximum absolute atomic E-state index is 13.2. The molecule has 10 nitrogen and oxygen atoms in total. The second-order valence-electron chi connectivity index (χ2n) is 8.17. The second-order valence-corrected chi connectivity index (χ2v) is 10.3. The van der Waals surface area contributed by atoms with Gasteiger partial charge in [-0.25, -0.2) is 8.42 Å². The van der Waals surface area contributed by atoms with Gasteiger partial charge in [0.05, 0.1) is 30.9 Å². The van der Waals surface area contributed by atoms with E-state index in [1.54, 1.807) is 50.2 Å². The molecule has 1 aromatic carbocycles. The van der Waals surface area contributed by atoms with Gasteiger partial charge in [-0.3, -0.25) is 19.3 Å². The lowest BCUT2D eigenvalue weighted by Crippen LogP contribution is -2.29. The molecule has 1 aliphatic rings. The Balaban J connectivity index is 1.72. The minimum absolute atomic E-state index is 0.0986. The lowest BCUT2D eigenvalue weighted by Gasteiger charge is -2.26. The molecule has 0 amide bonds. The van der Waals surface area contributed by atoms with Crippen LogP contribution in [0.25, 0.3) is 5.69 Å². The van der Waals surface area contributed by atoms with Crippen LogP contribution in [0, 0.1) is 6.92 Å². The first-order chi connectivity index (χ1) is 15.8. The standard InChI is InChI=1S/C22H28N6O4S/c1-14-12-24-17(13-23-14)11-15(2)33(29,30)27-22-26-25-21(16-7-5-8-16)28(22)20-18(31-3)9-6-10-19(20)32-4/h6,9-10,12-13,15-16H,5,7-8,11H2,1-4H3,(H,26,27)/t15-/m0/s1. The van der Waals surface area contributed by atoms with Crippen molar-refractivity contribution in [2.45, 2.75) is 50.7 Å². The molecule has 11 heteroatoms. The van der Waals surface area contributed by atoms with Crippen molar-refractivity contribution in [2.24, 2.45) is 0 Å². The number of aryl methyl sites for hydroxylation is 1. The summed E-state index contributed by atoms with van der Waals surface area (Å²) in [6.07, 6.45) is 6.45. The summed E-state index contributed by atoms with van der Waals surface area (Å²) in [7, 11) is -0.704. The predicted molar refractivity (Wildman–Crippen MR) is 124 cm³/mol. The zero-order valence-corrected chi connectivity index (χ0v) is 20.0. The highest BCUT2D eigenvalue weighted by molar-refractivity contribution is 7.93. The van der Waals surface area contributed by atoms with Gasteiger partial charge in [-0.15, -0.1) is 10.2 Å². The number of ether oxygens (including phenoxy) is 2. The summed E-state index contributed by atoms with van der Waals surface area (Å²) < 4.78 is 41.9. The van der Waals surface area contributed by atoms with Crippen molar-refractivity contribution in [3.05, 3.63) is 47.8 Å². The smallest absolute Gasteiger partial charge is 0.243 e. The van der Waals surface area contributed by atoms with E-state index in [2.05, 4.69) is 24.9 Å². The van der Waals surface area contributed by atoms with Gasteiger partial charge in [-0.2, -0.15) is 0 Å². The van der Waals surface area contributed by atoms with Gasteiger partial charge in [0.1, 0.15) is 23.0 Å². The average molecular weight is 473 g/mol. The lowest BCUT2D eigenvalue weighted by atomic mass is 9.85. The quantitative estimate of drug-likeness (QED) is 0.504. The fourth-order valence-electron chi connectivity index (χ4n) is 3.72. The Kier molecular flexibility index (Phi) is 6.50. The molecule has 0 bridgehead atoms. The number of nitrogens with zero attached hydrogens (tertiary/aromatic N) is 5. The van der Waals surface area contributed by atoms with E-state index in [-0.39, 0.29) is 18.3 Å². The first-order valence-electron chi connectivity index (χ1n) is 10.8. The molecule has 2 aromatic heterocycles. The largest absolute Gasteiger partial charge is 0.494 e. The van der Waals surface area contributed by atoms with Crippen LogP contribution in [-0.2, 0) is 16.4 Å². The summed E-state index contributed by atoms with van der Waals surface area (Å²) in [4.78, 5) is 8.47. The molecule has 0 radical (unpaired) electrons. The molecule has 33 heavy (non-hydrogen) atoms. The van der Waals surface area contributed by atoms with Gasteiger partial charge >= 0.3 is 0 Å². The van der Waals surface area contributed by atoms with Gasteiger partial charge in [-0.05, 0) is 38.8 Å². The normalized spacial score (nSPS) is 15.0. The monoisotopic (exact) mass is 472 g/mol. The maximum Gasteiger partial charge on any atom is 0.243 e. The van der Waals surface area contributed by atoms with E-state index in [9.17, 15) is 8.42 Å². The SMILES string of the molecule is COc1cccc(OC)c1-n1c(NS(=O)(=O)[C@@H](C)Cc2cnc(C)cn2)nnc1C1CCC1. The lowest BCUT2D eigenvalue weighted by molar-refractivity contribution is 0.379. The molecule has 0 aliphatic heterocycles. The number of rotatable bonds is 9. The third-order valence-electron chi connectivity index (χ3n) is 5.88. The molecule has 1 N–H and O–H groups in total. The molecule has 2 heterocycles. The third-order valence-corrected chi connectivity index (χ3v) is 7.57. The molecule has 1 saturated carbocycles. The molecule has 1 aliphatic carbocycles. The number of para-hydroxylation sites is 1. The summed E-state index contributed by atoms with van der Waals surface area (Å²) in [6, 6.07) is 5.39. The van der Waals surface area contributed by atoms with Crippen LogP contribution in [0.3, 0.4) is 0 Å². The fourth-order valence-corrected chi connectivity index (χ4v) is 4.70. The summed E-state index contributed by atoms with van der Waals surface area (Å²) in [6.45, 7) is 3.46. The van der Waals surface area contributed by atoms with E-state index in [0.29, 0.717) is 28.7 Å². The van der Waals surface area contributed by atoms with Crippen molar-refractivity contribution >= 4 is 16.0 Å². The number of hydrogen-bond donors (Lipinski definition) is 1. The Bertz CT molecular complexity index is 1200. The Labute approximate surface area is 193 Å². The number of hydrogen-bond acceptors (Lipinski definition) is 8. The van der Waals surface area contributed by atoms with Gasteiger partial charge in [0.15, 0.2) is 0 Å². The van der Waals surface area contributed by atoms with Crippen molar-refractivity contribution in [3.63, 3.8) is 0 Å². The highest BCUT2D eigenvalue weighted by Crippen LogP contribution is 2.41. The molecule has 0 spiro atoms. The fraction of sp³-hybridized carbons (Fsp3) is 0.455. The van der Waals surface area contributed by atoms with Gasteiger partial charge < -0.3 is 9.47 Å². The Morgan fingerprint density at radius 2 is 1.82 bits per heavy atom. The second kappa shape index (κ2) is 9.34. The van der Waals surface area contributed by atoms with Crippen LogP contribution in [0.1, 0.15) is 49.3 Å². The van der Waals surface area contributed by atoms with Crippen LogP contribution in [0.2, 0.25) is 0 Å². The van der Waals surface area contributed by atoms with Gasteiger partial charge in [0, 0.05) is 24.7 Å². The number of nitrogens with one attached hydrogen (secondary N) is 1. The third kappa shape index (κ3) is 4.63. The molecular formula is C22H28N6O4S. The van der Waals surface area contributed by atoms with Crippen LogP contribution in [-0.4, -0.2) is 52.6 Å². The Morgan fingerprint density at radius 3 is 2.36 bits per heavy atom. The number of aromatic nitrogens is 5. The highest BCUT2D eigenvalue weighted by atomic mass is 32.2. The molecule has 0 unspecified atom stereocenters. The van der Waals surface area contributed by atoms with Crippen LogP contribution in [0.4, 0.5) is 5.95 Å². The van der Waals surface area contributed by atoms with E-state index in [1.807, 2.05) is 13.0 Å². The number of benzene rings is 1. The minimum atomic E-state index is -3.82. The number of sulfonamides is 1. The molecular weight excluding hydrogens is 444 g/mol. The van der Waals surface area contributed by atoms with E-state index < -0.39 is 15.3 Å². The topological polar surface area (TPSA) is 121 Å². The van der Waals surface area contributed by atoms with Crippen LogP contribution in [0.5, 0.6) is 11.5 Å². The summed E-state index contributed by atoms with van der Waals surface area (Å²) >= 11 is 0. The number of anilines is 1.